The minimum atomic E-state index is -0.551. The second-order valence-corrected chi connectivity index (χ2v) is 9.32. The maximum Gasteiger partial charge on any atom is 0.256 e. The van der Waals surface area contributed by atoms with Crippen molar-refractivity contribution in [1.82, 2.24) is 20.1 Å². The summed E-state index contributed by atoms with van der Waals surface area (Å²) in [5, 5.41) is 2.89. The van der Waals surface area contributed by atoms with Gasteiger partial charge in [-0.2, -0.15) is 0 Å². The topological polar surface area (TPSA) is 91.6 Å². The molecule has 1 fully saturated rings. The number of pyridine rings is 1. The van der Waals surface area contributed by atoms with E-state index < -0.39 is 6.04 Å². The lowest BCUT2D eigenvalue weighted by molar-refractivity contribution is -0.124. The quantitative estimate of drug-likeness (QED) is 0.461. The summed E-state index contributed by atoms with van der Waals surface area (Å²) >= 11 is 0. The van der Waals surface area contributed by atoms with E-state index in [1.54, 1.807) is 29.4 Å². The molecular weight excluding hydrogens is 450 g/mol. The SMILES string of the molecule is Cc1ccccc1CN(CCc1ccccc1)C1CC(C(=O)NCCN)N(C(=O)c2cccnc2)C1. The average molecular weight is 486 g/mol. The van der Waals surface area contributed by atoms with E-state index in [1.165, 1.54) is 16.7 Å². The van der Waals surface area contributed by atoms with Gasteiger partial charge in [0.2, 0.25) is 5.91 Å². The molecule has 2 amide bonds. The molecule has 1 saturated heterocycles. The number of amides is 2. The Labute approximate surface area is 213 Å². The average Bonchev–Trinajstić information content (AvgIpc) is 3.37. The lowest BCUT2D eigenvalue weighted by Crippen LogP contribution is -2.47. The molecule has 3 aromatic rings. The maximum atomic E-state index is 13.5. The van der Waals surface area contributed by atoms with Crippen LogP contribution in [0.5, 0.6) is 0 Å². The first-order chi connectivity index (χ1) is 17.6. The van der Waals surface area contributed by atoms with Crippen LogP contribution >= 0.6 is 0 Å². The Morgan fingerprint density at radius 3 is 2.58 bits per heavy atom. The maximum absolute atomic E-state index is 13.5. The van der Waals surface area contributed by atoms with Crippen LogP contribution in [0.15, 0.2) is 79.1 Å². The van der Waals surface area contributed by atoms with Gasteiger partial charge in [0.1, 0.15) is 6.04 Å². The molecule has 36 heavy (non-hydrogen) atoms. The van der Waals surface area contributed by atoms with Gasteiger partial charge < -0.3 is 16.0 Å². The third-order valence-electron chi connectivity index (χ3n) is 6.88. The minimum Gasteiger partial charge on any atom is -0.353 e. The van der Waals surface area contributed by atoms with E-state index in [2.05, 4.69) is 70.7 Å². The van der Waals surface area contributed by atoms with Crippen LogP contribution in [0.25, 0.3) is 0 Å². The van der Waals surface area contributed by atoms with Gasteiger partial charge in [-0.25, -0.2) is 0 Å². The number of aryl methyl sites for hydroxylation is 1. The number of carbonyl (C=O) groups is 2. The zero-order valence-corrected chi connectivity index (χ0v) is 20.8. The van der Waals surface area contributed by atoms with Crippen LogP contribution in [-0.2, 0) is 17.8 Å². The van der Waals surface area contributed by atoms with Crippen molar-refractivity contribution in [3.05, 3.63) is 101 Å². The molecule has 1 aromatic heterocycles. The Morgan fingerprint density at radius 2 is 1.86 bits per heavy atom. The fourth-order valence-corrected chi connectivity index (χ4v) is 4.83. The Morgan fingerprint density at radius 1 is 1.08 bits per heavy atom. The number of hydrogen-bond acceptors (Lipinski definition) is 5. The molecule has 0 radical (unpaired) electrons. The lowest BCUT2D eigenvalue weighted by atomic mass is 10.0. The van der Waals surface area contributed by atoms with E-state index in [4.69, 9.17) is 5.73 Å². The van der Waals surface area contributed by atoms with Crippen molar-refractivity contribution in [1.29, 1.82) is 0 Å². The summed E-state index contributed by atoms with van der Waals surface area (Å²) in [5.74, 6) is -0.323. The third-order valence-corrected chi connectivity index (χ3v) is 6.88. The van der Waals surface area contributed by atoms with Crippen LogP contribution in [-0.4, -0.2) is 64.9 Å². The molecule has 1 aliphatic heterocycles. The van der Waals surface area contributed by atoms with Gasteiger partial charge in [0.25, 0.3) is 5.91 Å². The molecule has 1 aliphatic rings. The molecule has 0 saturated carbocycles. The third kappa shape index (κ3) is 6.36. The van der Waals surface area contributed by atoms with Gasteiger partial charge in [-0.1, -0.05) is 54.6 Å². The van der Waals surface area contributed by atoms with Gasteiger partial charge in [-0.15, -0.1) is 0 Å². The van der Waals surface area contributed by atoms with Crippen molar-refractivity contribution < 1.29 is 9.59 Å². The number of hydrogen-bond donors (Lipinski definition) is 2. The predicted molar refractivity (Wildman–Crippen MR) is 141 cm³/mol. The predicted octanol–water partition coefficient (Wildman–Crippen LogP) is 2.79. The molecule has 188 valence electrons. The standard InChI is InChI=1S/C29H35N5O2/c1-22-8-5-6-11-25(22)20-33(17-13-23-9-3-2-4-10-23)26-18-27(28(35)32-16-14-30)34(21-26)29(36)24-12-7-15-31-19-24/h2-12,15,19,26-27H,13-14,16-18,20-21,30H2,1H3,(H,32,35). The Kier molecular flexibility index (Phi) is 8.81. The number of likely N-dealkylation sites (tertiary alicyclic amines) is 1. The summed E-state index contributed by atoms with van der Waals surface area (Å²) in [7, 11) is 0. The number of aromatic nitrogens is 1. The van der Waals surface area contributed by atoms with Gasteiger partial charge in [0, 0.05) is 51.2 Å². The van der Waals surface area contributed by atoms with Gasteiger partial charge in [0.15, 0.2) is 0 Å². The molecule has 0 aliphatic carbocycles. The van der Waals surface area contributed by atoms with E-state index in [0.717, 1.165) is 19.5 Å². The largest absolute Gasteiger partial charge is 0.353 e. The van der Waals surface area contributed by atoms with E-state index in [0.29, 0.717) is 31.6 Å². The molecule has 2 aromatic carbocycles. The summed E-state index contributed by atoms with van der Waals surface area (Å²) in [6.45, 7) is 4.94. The van der Waals surface area contributed by atoms with Gasteiger partial charge in [-0.3, -0.25) is 19.5 Å². The summed E-state index contributed by atoms with van der Waals surface area (Å²) in [4.78, 5) is 34.8. The minimum absolute atomic E-state index is 0.0440. The smallest absolute Gasteiger partial charge is 0.256 e. The number of carbonyl (C=O) groups excluding carboxylic acids is 2. The molecule has 2 atom stereocenters. The van der Waals surface area contributed by atoms with Crippen molar-refractivity contribution in [2.75, 3.05) is 26.2 Å². The Hall–Kier alpha value is -3.55. The summed E-state index contributed by atoms with van der Waals surface area (Å²) < 4.78 is 0. The number of rotatable bonds is 10. The van der Waals surface area contributed by atoms with Crippen molar-refractivity contribution in [2.24, 2.45) is 5.73 Å². The zero-order valence-electron chi connectivity index (χ0n) is 20.8. The number of benzene rings is 2. The Bertz CT molecular complexity index is 1140. The first-order valence-corrected chi connectivity index (χ1v) is 12.6. The van der Waals surface area contributed by atoms with E-state index >= 15 is 0 Å². The summed E-state index contributed by atoms with van der Waals surface area (Å²) in [5.41, 5.74) is 9.87. The second-order valence-electron chi connectivity index (χ2n) is 9.32. The van der Waals surface area contributed by atoms with Crippen LogP contribution in [0.3, 0.4) is 0 Å². The number of nitrogens with one attached hydrogen (secondary N) is 1. The molecule has 2 unspecified atom stereocenters. The molecular formula is C29H35N5O2. The number of nitrogens with two attached hydrogens (primary N) is 1. The van der Waals surface area contributed by atoms with Crippen LogP contribution in [0.4, 0.5) is 0 Å². The molecule has 7 heteroatoms. The fraction of sp³-hybridized carbons (Fsp3) is 0.345. The number of nitrogens with zero attached hydrogens (tertiary/aromatic N) is 3. The summed E-state index contributed by atoms with van der Waals surface area (Å²) in [6.07, 6.45) is 4.67. The molecule has 0 bridgehead atoms. The van der Waals surface area contributed by atoms with Crippen molar-refractivity contribution in [2.45, 2.75) is 38.4 Å². The molecule has 4 rings (SSSR count). The van der Waals surface area contributed by atoms with Gasteiger partial charge >= 0.3 is 0 Å². The normalized spacial score (nSPS) is 17.4. The van der Waals surface area contributed by atoms with E-state index in [1.807, 2.05) is 6.07 Å². The van der Waals surface area contributed by atoms with Crippen LogP contribution in [0.2, 0.25) is 0 Å². The fourth-order valence-electron chi connectivity index (χ4n) is 4.83. The first-order valence-electron chi connectivity index (χ1n) is 12.6. The molecule has 0 spiro atoms. The van der Waals surface area contributed by atoms with E-state index in [-0.39, 0.29) is 17.9 Å². The lowest BCUT2D eigenvalue weighted by Gasteiger charge is -2.29. The molecule has 3 N–H and O–H groups in total. The molecule has 2 heterocycles. The van der Waals surface area contributed by atoms with Crippen LogP contribution in [0.1, 0.15) is 33.5 Å². The highest BCUT2D eigenvalue weighted by Crippen LogP contribution is 2.27. The van der Waals surface area contributed by atoms with Crippen molar-refractivity contribution >= 4 is 11.8 Å². The highest BCUT2D eigenvalue weighted by Gasteiger charge is 2.42. The summed E-state index contributed by atoms with van der Waals surface area (Å²) in [6, 6.07) is 21.8. The van der Waals surface area contributed by atoms with Gasteiger partial charge in [-0.05, 0) is 48.6 Å². The Balaban J connectivity index is 1.59. The van der Waals surface area contributed by atoms with Gasteiger partial charge in [0.05, 0.1) is 5.56 Å². The monoisotopic (exact) mass is 485 g/mol. The zero-order chi connectivity index (χ0) is 25.3. The second kappa shape index (κ2) is 12.4. The highest BCUT2D eigenvalue weighted by atomic mass is 16.2. The highest BCUT2D eigenvalue weighted by molar-refractivity contribution is 5.97. The van der Waals surface area contributed by atoms with Crippen molar-refractivity contribution in [3.8, 4) is 0 Å². The van der Waals surface area contributed by atoms with Crippen molar-refractivity contribution in [3.63, 3.8) is 0 Å². The van der Waals surface area contributed by atoms with Crippen LogP contribution in [0, 0.1) is 6.92 Å². The van der Waals surface area contributed by atoms with Crippen LogP contribution < -0.4 is 11.1 Å². The first kappa shape index (κ1) is 25.5. The molecule has 7 nitrogen and oxygen atoms in total. The van der Waals surface area contributed by atoms with E-state index in [9.17, 15) is 9.59 Å².